The van der Waals surface area contributed by atoms with Crippen molar-refractivity contribution in [3.63, 3.8) is 0 Å². The molecule has 0 aliphatic heterocycles. The van der Waals surface area contributed by atoms with E-state index < -0.39 is 0 Å². The topological polar surface area (TPSA) is 25.8 Å². The third-order valence-electron chi connectivity index (χ3n) is 12.3. The van der Waals surface area contributed by atoms with Gasteiger partial charge < -0.3 is 0 Å². The maximum absolute atomic E-state index is 5.23. The second-order valence-electron chi connectivity index (χ2n) is 16.2. The van der Waals surface area contributed by atoms with Crippen molar-refractivity contribution in [2.45, 2.75) is 19.3 Å². The van der Waals surface area contributed by atoms with E-state index in [1.807, 2.05) is 18.2 Å². The van der Waals surface area contributed by atoms with Crippen LogP contribution in [0.1, 0.15) is 25.0 Å². The van der Waals surface area contributed by atoms with Crippen LogP contribution in [0.25, 0.3) is 100.0 Å². The molecule has 1 aliphatic rings. The van der Waals surface area contributed by atoms with Crippen LogP contribution in [0.15, 0.2) is 206 Å². The molecule has 0 bridgehead atoms. The highest BCUT2D eigenvalue weighted by atomic mass is 14.9. The summed E-state index contributed by atoms with van der Waals surface area (Å²) in [5, 5.41) is 4.94. The average Bonchev–Trinajstić information content (AvgIpc) is 3.54. The molecule has 0 radical (unpaired) electrons. The highest BCUT2D eigenvalue weighted by molar-refractivity contribution is 6.06. The zero-order chi connectivity index (χ0) is 39.5. The number of rotatable bonds is 6. The predicted molar refractivity (Wildman–Crippen MR) is 247 cm³/mol. The summed E-state index contributed by atoms with van der Waals surface area (Å²) in [7, 11) is 0. The van der Waals surface area contributed by atoms with E-state index in [0.29, 0.717) is 5.82 Å². The Kier molecular flexibility index (Phi) is 8.20. The second-order valence-corrected chi connectivity index (χ2v) is 16.2. The summed E-state index contributed by atoms with van der Waals surface area (Å²) >= 11 is 0. The van der Waals surface area contributed by atoms with Gasteiger partial charge >= 0.3 is 0 Å². The first-order valence-electron chi connectivity index (χ1n) is 20.4. The molecule has 0 amide bonds. The van der Waals surface area contributed by atoms with E-state index in [0.717, 1.165) is 33.5 Å². The number of fused-ring (bicyclic) bond motifs is 6. The zero-order valence-corrected chi connectivity index (χ0v) is 33.0. The molecule has 0 saturated carbocycles. The van der Waals surface area contributed by atoms with Crippen molar-refractivity contribution in [3.05, 3.63) is 217 Å². The monoisotopic (exact) mass is 752 g/mol. The van der Waals surface area contributed by atoms with Crippen LogP contribution in [0.5, 0.6) is 0 Å². The van der Waals surface area contributed by atoms with Crippen LogP contribution in [0, 0.1) is 0 Å². The maximum atomic E-state index is 5.23. The Morgan fingerprint density at radius 2 is 0.864 bits per heavy atom. The molecule has 1 heterocycles. The van der Waals surface area contributed by atoms with Crippen LogP contribution in [0.3, 0.4) is 0 Å². The quantitative estimate of drug-likeness (QED) is 0.169. The van der Waals surface area contributed by atoms with E-state index in [2.05, 4.69) is 202 Å². The van der Waals surface area contributed by atoms with Gasteiger partial charge in [0, 0.05) is 22.1 Å². The minimum atomic E-state index is -0.0605. The van der Waals surface area contributed by atoms with E-state index >= 15 is 0 Å². The molecule has 10 aromatic rings. The summed E-state index contributed by atoms with van der Waals surface area (Å²) < 4.78 is 0. The van der Waals surface area contributed by atoms with Gasteiger partial charge in [0.05, 0.1) is 11.4 Å². The Balaban J connectivity index is 1.01. The van der Waals surface area contributed by atoms with Gasteiger partial charge in [0.1, 0.15) is 0 Å². The van der Waals surface area contributed by atoms with Gasteiger partial charge in [-0.05, 0) is 95.4 Å². The summed E-state index contributed by atoms with van der Waals surface area (Å²) in [4.78, 5) is 10.4. The van der Waals surface area contributed by atoms with Gasteiger partial charge in [-0.2, -0.15) is 0 Å². The molecule has 1 aromatic heterocycles. The molecule has 0 spiro atoms. The average molecular weight is 753 g/mol. The highest BCUT2D eigenvalue weighted by Crippen LogP contribution is 2.52. The van der Waals surface area contributed by atoms with E-state index in [4.69, 9.17) is 9.97 Å². The smallest absolute Gasteiger partial charge is 0.160 e. The van der Waals surface area contributed by atoms with Gasteiger partial charge in [-0.25, -0.2) is 9.97 Å². The lowest BCUT2D eigenvalue weighted by Crippen LogP contribution is -2.14. The summed E-state index contributed by atoms with van der Waals surface area (Å²) in [5.41, 5.74) is 17.5. The van der Waals surface area contributed by atoms with Gasteiger partial charge in [0.15, 0.2) is 5.82 Å². The largest absolute Gasteiger partial charge is 0.228 e. The Hall–Kier alpha value is -7.42. The second kappa shape index (κ2) is 13.9. The Bertz CT molecular complexity index is 3220. The minimum Gasteiger partial charge on any atom is -0.228 e. The summed E-state index contributed by atoms with van der Waals surface area (Å²) in [5.74, 6) is 0.708. The normalized spacial score (nSPS) is 12.7. The predicted octanol–water partition coefficient (Wildman–Crippen LogP) is 15.1. The molecule has 0 unspecified atom stereocenters. The lowest BCUT2D eigenvalue weighted by Gasteiger charge is -2.21. The van der Waals surface area contributed by atoms with Crippen molar-refractivity contribution >= 4 is 21.5 Å². The lowest BCUT2D eigenvalue weighted by molar-refractivity contribution is 0.661. The number of aromatic nitrogens is 2. The van der Waals surface area contributed by atoms with Gasteiger partial charge in [-0.1, -0.05) is 202 Å². The summed E-state index contributed by atoms with van der Waals surface area (Å²) in [6, 6.07) is 74.3. The first-order chi connectivity index (χ1) is 29.0. The molecular weight excluding hydrogens is 713 g/mol. The molecule has 59 heavy (non-hydrogen) atoms. The Morgan fingerprint density at radius 3 is 1.64 bits per heavy atom. The fraction of sp³-hybridized carbons (Fsp3) is 0.0526. The molecular formula is C57H40N2. The van der Waals surface area contributed by atoms with E-state index in [9.17, 15) is 0 Å². The van der Waals surface area contributed by atoms with Crippen LogP contribution >= 0.6 is 0 Å². The van der Waals surface area contributed by atoms with Crippen molar-refractivity contribution < 1.29 is 0 Å². The maximum Gasteiger partial charge on any atom is 0.160 e. The van der Waals surface area contributed by atoms with Crippen molar-refractivity contribution in [2.24, 2.45) is 0 Å². The molecule has 2 heteroatoms. The molecule has 278 valence electrons. The third kappa shape index (κ3) is 5.96. The van der Waals surface area contributed by atoms with Gasteiger partial charge in [-0.15, -0.1) is 0 Å². The molecule has 0 saturated heterocycles. The van der Waals surface area contributed by atoms with E-state index in [-0.39, 0.29) is 5.41 Å². The molecule has 2 nitrogen and oxygen atoms in total. The van der Waals surface area contributed by atoms with Crippen LogP contribution in [-0.4, -0.2) is 9.97 Å². The molecule has 0 N–H and O–H groups in total. The van der Waals surface area contributed by atoms with E-state index in [1.165, 1.54) is 71.8 Å². The van der Waals surface area contributed by atoms with Crippen LogP contribution in [0.4, 0.5) is 0 Å². The highest BCUT2D eigenvalue weighted by Gasteiger charge is 2.36. The lowest BCUT2D eigenvalue weighted by atomic mass is 9.82. The Labute approximate surface area is 345 Å². The Morgan fingerprint density at radius 1 is 0.322 bits per heavy atom. The number of hydrogen-bond acceptors (Lipinski definition) is 2. The number of nitrogens with zero attached hydrogens (tertiary/aromatic N) is 2. The van der Waals surface area contributed by atoms with Gasteiger partial charge in [0.2, 0.25) is 0 Å². The van der Waals surface area contributed by atoms with Gasteiger partial charge in [0.25, 0.3) is 0 Å². The fourth-order valence-corrected chi connectivity index (χ4v) is 9.26. The van der Waals surface area contributed by atoms with Crippen molar-refractivity contribution in [2.75, 3.05) is 0 Å². The van der Waals surface area contributed by atoms with E-state index in [1.54, 1.807) is 0 Å². The van der Waals surface area contributed by atoms with Crippen LogP contribution in [-0.2, 0) is 5.41 Å². The van der Waals surface area contributed by atoms with Crippen LogP contribution in [0.2, 0.25) is 0 Å². The van der Waals surface area contributed by atoms with Crippen molar-refractivity contribution in [1.82, 2.24) is 9.97 Å². The first-order valence-corrected chi connectivity index (χ1v) is 20.4. The molecule has 1 aliphatic carbocycles. The van der Waals surface area contributed by atoms with Crippen molar-refractivity contribution in [3.8, 4) is 78.4 Å². The molecule has 0 atom stereocenters. The molecule has 9 aromatic carbocycles. The molecule has 0 fully saturated rings. The minimum absolute atomic E-state index is 0.0605. The molecule has 11 rings (SSSR count). The SMILES string of the molecule is CC1(C)c2ccc(-c3cccc(-c4ccc(-c5cc(-c6ccc(-c7ccccc7)cc6)nc(-c6ccccc6)n5)c5ccccc45)c3)cc2-c2c1ccc1ccccc21. The standard InChI is InChI=1S/C57H40N2/c1-57(2)51-32-29-43(35-50(51)55-46-21-10-9-16-39(46)28-33-52(55)57)42-19-13-20-44(34-42)45-30-31-49(48-23-12-11-22-47(45)48)54-36-53(58-56(59-54)41-17-7-4-8-18-41)40-26-24-38(25-27-40)37-14-5-3-6-15-37/h3-36H,1-2H3. The van der Waals surface area contributed by atoms with Crippen LogP contribution < -0.4 is 0 Å². The van der Waals surface area contributed by atoms with Gasteiger partial charge in [-0.3, -0.25) is 0 Å². The third-order valence-corrected chi connectivity index (χ3v) is 12.3. The number of hydrogen-bond donors (Lipinski definition) is 0. The number of benzene rings is 9. The fourth-order valence-electron chi connectivity index (χ4n) is 9.26. The zero-order valence-electron chi connectivity index (χ0n) is 33.0. The summed E-state index contributed by atoms with van der Waals surface area (Å²) in [6.07, 6.45) is 0. The first kappa shape index (κ1) is 34.8. The van der Waals surface area contributed by atoms with Crippen molar-refractivity contribution in [1.29, 1.82) is 0 Å². The summed E-state index contributed by atoms with van der Waals surface area (Å²) in [6.45, 7) is 4.71.